The van der Waals surface area contributed by atoms with E-state index in [0.717, 1.165) is 51.0 Å². The predicted octanol–water partition coefficient (Wildman–Crippen LogP) is 5.44. The zero-order valence-electron chi connectivity index (χ0n) is 20.2. The van der Waals surface area contributed by atoms with Crippen LogP contribution < -0.4 is 10.5 Å². The number of nitrogens with zero attached hydrogens (tertiary/aromatic N) is 2. The topological polar surface area (TPSA) is 124 Å². The van der Waals surface area contributed by atoms with E-state index >= 15 is 0 Å². The number of hydrogen-bond donors (Lipinski definition) is 2. The van der Waals surface area contributed by atoms with Crippen molar-refractivity contribution in [1.82, 2.24) is 14.7 Å². The maximum Gasteiger partial charge on any atom is 0.404 e. The van der Waals surface area contributed by atoms with E-state index in [1.165, 1.54) is 22.7 Å². The second-order valence-electron chi connectivity index (χ2n) is 9.78. The molecule has 1 amide bonds. The third-order valence-corrected chi connectivity index (χ3v) is 9.67. The molecule has 0 radical (unpaired) electrons. The van der Waals surface area contributed by atoms with Gasteiger partial charge in [-0.25, -0.2) is 27.9 Å². The van der Waals surface area contributed by atoms with Crippen LogP contribution in [-0.2, 0) is 14.8 Å². The van der Waals surface area contributed by atoms with Crippen molar-refractivity contribution in [2.45, 2.75) is 75.8 Å². The van der Waals surface area contributed by atoms with E-state index in [4.69, 9.17) is 10.5 Å². The molecule has 35 heavy (non-hydrogen) atoms. The fourth-order valence-electron chi connectivity index (χ4n) is 4.25. The van der Waals surface area contributed by atoms with Crippen LogP contribution in [0.3, 0.4) is 0 Å². The largest absolute Gasteiger partial charge is 0.446 e. The second-order valence-corrected chi connectivity index (χ2v) is 13.7. The summed E-state index contributed by atoms with van der Waals surface area (Å²) in [5.41, 5.74) is 5.95. The van der Waals surface area contributed by atoms with E-state index in [1.54, 1.807) is 18.5 Å². The van der Waals surface area contributed by atoms with Gasteiger partial charge in [0.2, 0.25) is 10.0 Å². The lowest BCUT2D eigenvalue weighted by atomic mass is 9.88. The number of carbonyl (C=O) groups is 1. The summed E-state index contributed by atoms with van der Waals surface area (Å²) in [6.45, 7) is 7.39. The number of hydrogen-bond acceptors (Lipinski definition) is 8. The normalized spacial score (nSPS) is 19.0. The van der Waals surface area contributed by atoms with Crippen LogP contribution in [0.5, 0.6) is 0 Å². The number of aryl methyl sites for hydroxylation is 1. The van der Waals surface area contributed by atoms with Crippen LogP contribution in [0.1, 0.15) is 62.4 Å². The number of nitrogens with one attached hydrogen (secondary N) is 1. The van der Waals surface area contributed by atoms with Crippen molar-refractivity contribution >= 4 is 38.8 Å². The highest BCUT2D eigenvalue weighted by molar-refractivity contribution is 7.89. The van der Waals surface area contributed by atoms with Gasteiger partial charge in [-0.1, -0.05) is 12.1 Å². The quantitative estimate of drug-likeness (QED) is 0.434. The highest BCUT2D eigenvalue weighted by Gasteiger charge is 2.29. The molecule has 0 spiro atoms. The first kappa shape index (κ1) is 25.7. The minimum Gasteiger partial charge on any atom is -0.446 e. The molecule has 2 heterocycles. The Balaban J connectivity index is 1.67. The average molecular weight is 535 g/mol. The molecule has 188 valence electrons. The Morgan fingerprint density at radius 2 is 1.77 bits per heavy atom. The van der Waals surface area contributed by atoms with Crippen LogP contribution >= 0.6 is 22.7 Å². The number of rotatable bonds is 6. The fourth-order valence-corrected chi connectivity index (χ4v) is 7.88. The van der Waals surface area contributed by atoms with Crippen LogP contribution in [-0.4, -0.2) is 36.1 Å². The summed E-state index contributed by atoms with van der Waals surface area (Å²) in [5, 5.41) is 1.89. The van der Waals surface area contributed by atoms with E-state index in [9.17, 15) is 13.2 Å². The van der Waals surface area contributed by atoms with Gasteiger partial charge in [0.05, 0.1) is 24.7 Å². The van der Waals surface area contributed by atoms with Crippen molar-refractivity contribution < 1.29 is 17.9 Å². The maximum absolute atomic E-state index is 13.5. The van der Waals surface area contributed by atoms with Crippen molar-refractivity contribution in [3.8, 4) is 20.9 Å². The molecule has 1 saturated carbocycles. The first-order valence-corrected chi connectivity index (χ1v) is 14.6. The Bertz CT molecular complexity index is 1320. The van der Waals surface area contributed by atoms with Gasteiger partial charge in [-0.2, -0.15) is 0 Å². The average Bonchev–Trinajstić information content (AvgIpc) is 3.41. The van der Waals surface area contributed by atoms with Crippen LogP contribution in [0.15, 0.2) is 35.5 Å². The lowest BCUT2D eigenvalue weighted by Gasteiger charge is -2.26. The Labute approximate surface area is 214 Å². The molecule has 1 aliphatic carbocycles. The minimum absolute atomic E-state index is 0.147. The molecule has 1 aliphatic rings. The van der Waals surface area contributed by atoms with Crippen molar-refractivity contribution in [3.63, 3.8) is 0 Å². The van der Waals surface area contributed by atoms with Crippen LogP contribution in [0, 0.1) is 6.92 Å². The monoisotopic (exact) mass is 534 g/mol. The highest BCUT2D eigenvalue weighted by atomic mass is 32.2. The van der Waals surface area contributed by atoms with Crippen molar-refractivity contribution in [2.75, 3.05) is 0 Å². The summed E-state index contributed by atoms with van der Waals surface area (Å²) in [4.78, 5) is 21.9. The molecule has 0 saturated heterocycles. The predicted molar refractivity (Wildman–Crippen MR) is 139 cm³/mol. The number of aromatic nitrogens is 2. The maximum atomic E-state index is 13.5. The molecule has 0 aliphatic heterocycles. The van der Waals surface area contributed by atoms with Gasteiger partial charge < -0.3 is 10.5 Å². The summed E-state index contributed by atoms with van der Waals surface area (Å²) in [6.07, 6.45) is 5.79. The van der Waals surface area contributed by atoms with Gasteiger partial charge in [-0.05, 0) is 65.0 Å². The zero-order valence-corrected chi connectivity index (χ0v) is 22.6. The van der Waals surface area contributed by atoms with Gasteiger partial charge in [0.25, 0.3) is 0 Å². The molecule has 4 rings (SSSR count). The van der Waals surface area contributed by atoms with Gasteiger partial charge in [0.15, 0.2) is 0 Å². The third-order valence-electron chi connectivity index (χ3n) is 5.71. The molecule has 8 nitrogen and oxygen atoms in total. The molecule has 0 bridgehead atoms. The number of amides is 1. The summed E-state index contributed by atoms with van der Waals surface area (Å²) < 4.78 is 34.9. The van der Waals surface area contributed by atoms with Crippen molar-refractivity contribution in [1.29, 1.82) is 0 Å². The van der Waals surface area contributed by atoms with Crippen molar-refractivity contribution in [2.24, 2.45) is 5.73 Å². The van der Waals surface area contributed by atoms with Crippen molar-refractivity contribution in [3.05, 3.63) is 40.6 Å². The number of thiazole rings is 2. The van der Waals surface area contributed by atoms with Gasteiger partial charge in [-0.15, -0.1) is 22.7 Å². The van der Waals surface area contributed by atoms with E-state index in [-0.39, 0.29) is 16.9 Å². The summed E-state index contributed by atoms with van der Waals surface area (Å²) in [6, 6.07) is 5.52. The number of benzene rings is 1. The highest BCUT2D eigenvalue weighted by Crippen LogP contribution is 2.41. The lowest BCUT2D eigenvalue weighted by Crippen LogP contribution is -2.40. The summed E-state index contributed by atoms with van der Waals surface area (Å²) in [7, 11) is -3.80. The van der Waals surface area contributed by atoms with E-state index in [0.29, 0.717) is 5.56 Å². The van der Waals surface area contributed by atoms with Gasteiger partial charge in [0, 0.05) is 29.4 Å². The Hall–Kier alpha value is -2.34. The molecule has 0 unspecified atom stereocenters. The number of carbonyl (C=O) groups excluding carboxylic acids is 1. The molecule has 1 fully saturated rings. The fraction of sp³-hybridized carbons (Fsp3) is 0.458. The van der Waals surface area contributed by atoms with Gasteiger partial charge >= 0.3 is 6.09 Å². The smallest absolute Gasteiger partial charge is 0.404 e. The van der Waals surface area contributed by atoms with Crippen LogP contribution in [0.2, 0.25) is 0 Å². The molecule has 2 aromatic heterocycles. The lowest BCUT2D eigenvalue weighted by molar-refractivity contribution is 0.0787. The summed E-state index contributed by atoms with van der Waals surface area (Å²) >= 11 is 3.04. The van der Waals surface area contributed by atoms with Crippen LogP contribution in [0.25, 0.3) is 20.9 Å². The molecule has 3 N–H and O–H groups in total. The molecular weight excluding hydrogens is 504 g/mol. The van der Waals surface area contributed by atoms with E-state index < -0.39 is 21.7 Å². The van der Waals surface area contributed by atoms with Crippen LogP contribution in [0.4, 0.5) is 4.79 Å². The number of nitrogens with two attached hydrogens (primary N) is 1. The summed E-state index contributed by atoms with van der Waals surface area (Å²) in [5.74, 6) is 0.244. The molecule has 0 atom stereocenters. The molecule has 3 aromatic rings. The first-order valence-electron chi connectivity index (χ1n) is 11.4. The van der Waals surface area contributed by atoms with E-state index in [1.807, 2.05) is 39.8 Å². The second kappa shape index (κ2) is 9.96. The Morgan fingerprint density at radius 1 is 1.09 bits per heavy atom. The van der Waals surface area contributed by atoms with Gasteiger partial charge in [-0.3, -0.25) is 0 Å². The molecular formula is C24H30N4O4S3. The van der Waals surface area contributed by atoms with E-state index in [2.05, 4.69) is 14.7 Å². The SMILES string of the molecule is Cc1ncc(-c2ccc(-c3cnc([C@H]4CC[C@H](OC(N)=O)CC4)s3)c(S(=O)(=O)NC(C)(C)C)c2)s1. The minimum atomic E-state index is -3.80. The third kappa shape index (κ3) is 6.27. The number of primary amides is 1. The number of sulfonamides is 1. The number of ether oxygens (including phenoxy) is 1. The zero-order chi connectivity index (χ0) is 25.4. The standard InChI is InChI=1S/C24H30N4O4S3/c1-14-26-12-19(33-14)16-7-10-18(21(11-16)35(30,31)28-24(2,3)4)20-13-27-22(34-20)15-5-8-17(9-6-15)32-23(25)29/h7,10-13,15,17,28H,5-6,8-9H2,1-4H3,(H2,25,29)/t15-,17-. The first-order chi connectivity index (χ1) is 16.4. The Morgan fingerprint density at radius 3 is 2.37 bits per heavy atom. The molecule has 11 heteroatoms. The Kier molecular flexibility index (Phi) is 7.33. The molecule has 1 aromatic carbocycles. The van der Waals surface area contributed by atoms with Gasteiger partial charge in [0.1, 0.15) is 6.10 Å².